The molecule has 3 heterocycles. The van der Waals surface area contributed by atoms with E-state index in [0.29, 0.717) is 5.56 Å². The molecule has 0 spiro atoms. The van der Waals surface area contributed by atoms with E-state index < -0.39 is 23.4 Å². The number of nitrogens with zero attached hydrogens (tertiary/aromatic N) is 5. The van der Waals surface area contributed by atoms with Gasteiger partial charge in [0.05, 0.1) is 29.0 Å². The van der Waals surface area contributed by atoms with Crippen molar-refractivity contribution < 1.29 is 14.3 Å². The number of hydrogen-bond acceptors (Lipinski definition) is 5. The van der Waals surface area contributed by atoms with Gasteiger partial charge in [0.1, 0.15) is 11.3 Å². The van der Waals surface area contributed by atoms with Gasteiger partial charge in [0.2, 0.25) is 5.95 Å². The van der Waals surface area contributed by atoms with Crippen LogP contribution in [0.25, 0.3) is 17.0 Å². The first kappa shape index (κ1) is 17.9. The molecule has 0 bridgehead atoms. The van der Waals surface area contributed by atoms with E-state index in [9.17, 15) is 14.0 Å². The second-order valence-electron chi connectivity index (χ2n) is 6.04. The van der Waals surface area contributed by atoms with Crippen molar-refractivity contribution >= 4 is 28.6 Å². The summed E-state index contributed by atoms with van der Waals surface area (Å²) in [6.07, 6.45) is 3.78. The lowest BCUT2D eigenvalue weighted by Crippen LogP contribution is -2.19. The number of carboxylic acids is 1. The maximum atomic E-state index is 13.8. The van der Waals surface area contributed by atoms with Crippen molar-refractivity contribution in [2.24, 2.45) is 0 Å². The smallest absolute Gasteiger partial charge is 0.338 e. The summed E-state index contributed by atoms with van der Waals surface area (Å²) in [4.78, 5) is 30.5. The van der Waals surface area contributed by atoms with Crippen LogP contribution in [0.1, 0.15) is 28.9 Å². The molecule has 0 saturated heterocycles. The zero-order chi connectivity index (χ0) is 20.0. The Balaban J connectivity index is 1.79. The van der Waals surface area contributed by atoms with Crippen LogP contribution in [-0.2, 0) is 0 Å². The molecule has 9 nitrogen and oxygen atoms in total. The van der Waals surface area contributed by atoms with Gasteiger partial charge in [0.25, 0.3) is 5.56 Å². The number of carbonyl (C=O) groups is 1. The number of aromatic amines is 1. The van der Waals surface area contributed by atoms with E-state index >= 15 is 0 Å². The highest BCUT2D eigenvalue weighted by Gasteiger charge is 2.18. The van der Waals surface area contributed by atoms with Crippen LogP contribution in [0.5, 0.6) is 0 Å². The monoisotopic (exact) mass is 402 g/mol. The Bertz CT molecular complexity index is 1280. The van der Waals surface area contributed by atoms with Gasteiger partial charge in [-0.05, 0) is 24.6 Å². The van der Waals surface area contributed by atoms with E-state index in [4.69, 9.17) is 16.7 Å². The average Bonchev–Trinajstić information content (AvgIpc) is 3.30. The molecule has 0 aliphatic carbocycles. The highest BCUT2D eigenvalue weighted by molar-refractivity contribution is 6.30. The van der Waals surface area contributed by atoms with Crippen LogP contribution in [0, 0.1) is 5.82 Å². The van der Waals surface area contributed by atoms with Gasteiger partial charge < -0.3 is 5.11 Å². The first-order chi connectivity index (χ1) is 13.3. The summed E-state index contributed by atoms with van der Waals surface area (Å²) in [6.45, 7) is 1.76. The fraction of sp³-hybridized carbons (Fsp3) is 0.118. The van der Waals surface area contributed by atoms with Crippen molar-refractivity contribution in [3.8, 4) is 5.95 Å². The first-order valence-corrected chi connectivity index (χ1v) is 8.44. The fourth-order valence-corrected chi connectivity index (χ4v) is 2.94. The number of halogens is 2. The Morgan fingerprint density at radius 3 is 2.79 bits per heavy atom. The van der Waals surface area contributed by atoms with Crippen LogP contribution < -0.4 is 5.56 Å². The molecule has 4 rings (SSSR count). The number of fused-ring (bicyclic) bond motifs is 1. The molecule has 0 saturated carbocycles. The first-order valence-electron chi connectivity index (χ1n) is 8.06. The lowest BCUT2D eigenvalue weighted by atomic mass is 10.1. The lowest BCUT2D eigenvalue weighted by molar-refractivity contribution is 0.0697. The molecule has 3 aromatic heterocycles. The molecule has 0 unspecified atom stereocenters. The third-order valence-corrected chi connectivity index (χ3v) is 4.59. The number of nitrogens with one attached hydrogen (secondary N) is 1. The van der Waals surface area contributed by atoms with E-state index in [0.717, 1.165) is 10.9 Å². The van der Waals surface area contributed by atoms with E-state index in [-0.39, 0.29) is 27.6 Å². The molecule has 2 N–H and O–H groups in total. The molecule has 0 radical (unpaired) electrons. The van der Waals surface area contributed by atoms with Gasteiger partial charge >= 0.3 is 5.97 Å². The Kier molecular flexibility index (Phi) is 4.19. The number of carboxylic acid groups (broad SMARTS) is 1. The molecule has 142 valence electrons. The van der Waals surface area contributed by atoms with Crippen LogP contribution >= 0.6 is 11.6 Å². The van der Waals surface area contributed by atoms with Crippen molar-refractivity contribution in [2.45, 2.75) is 13.0 Å². The van der Waals surface area contributed by atoms with Gasteiger partial charge in [-0.1, -0.05) is 17.7 Å². The molecular formula is C17H12ClFN6O3. The van der Waals surface area contributed by atoms with Crippen molar-refractivity contribution in [2.75, 3.05) is 0 Å². The third-order valence-electron chi connectivity index (χ3n) is 4.28. The maximum absolute atomic E-state index is 13.8. The SMILES string of the molecule is C[C@@H](c1ccc(Cl)c(F)c1)n1ncc2nc(-n3cc(C(=O)O)cn3)[nH]c(=O)c21. The summed E-state index contributed by atoms with van der Waals surface area (Å²) in [5, 5.41) is 17.1. The Morgan fingerprint density at radius 2 is 2.11 bits per heavy atom. The van der Waals surface area contributed by atoms with Gasteiger partial charge in [-0.2, -0.15) is 10.2 Å². The minimum absolute atomic E-state index is 0.00498. The van der Waals surface area contributed by atoms with Crippen molar-refractivity contribution in [3.05, 3.63) is 69.1 Å². The normalized spacial score (nSPS) is 12.4. The highest BCUT2D eigenvalue weighted by Crippen LogP contribution is 2.24. The minimum Gasteiger partial charge on any atom is -0.478 e. The third kappa shape index (κ3) is 2.93. The predicted octanol–water partition coefficient (Wildman–Crippen LogP) is 2.41. The molecule has 1 aromatic carbocycles. The summed E-state index contributed by atoms with van der Waals surface area (Å²) in [5.41, 5.74) is 0.515. The van der Waals surface area contributed by atoms with Crippen LogP contribution in [0.2, 0.25) is 5.02 Å². The number of benzene rings is 1. The fourth-order valence-electron chi connectivity index (χ4n) is 2.82. The van der Waals surface area contributed by atoms with Crippen molar-refractivity contribution in [1.29, 1.82) is 0 Å². The van der Waals surface area contributed by atoms with Crippen molar-refractivity contribution in [3.63, 3.8) is 0 Å². The maximum Gasteiger partial charge on any atom is 0.338 e. The molecule has 28 heavy (non-hydrogen) atoms. The number of aromatic nitrogens is 6. The summed E-state index contributed by atoms with van der Waals surface area (Å²) >= 11 is 5.72. The largest absolute Gasteiger partial charge is 0.478 e. The van der Waals surface area contributed by atoms with Gasteiger partial charge in [-0.25, -0.2) is 18.9 Å². The number of hydrogen-bond donors (Lipinski definition) is 2. The molecule has 1 atom stereocenters. The molecule has 0 aliphatic rings. The Morgan fingerprint density at radius 1 is 1.32 bits per heavy atom. The zero-order valence-corrected chi connectivity index (χ0v) is 15.1. The quantitative estimate of drug-likeness (QED) is 0.541. The van der Waals surface area contributed by atoms with E-state index in [1.807, 2.05) is 0 Å². The predicted molar refractivity (Wildman–Crippen MR) is 97.5 cm³/mol. The highest BCUT2D eigenvalue weighted by atomic mass is 35.5. The average molecular weight is 403 g/mol. The summed E-state index contributed by atoms with van der Waals surface area (Å²) in [6, 6.07) is 3.92. The standard InChI is InChI=1S/C17H12ClFN6O3/c1-8(9-2-3-11(18)12(19)4-9)25-14-13(6-21-25)22-17(23-15(14)26)24-7-10(5-20-24)16(27)28/h2-8H,1H3,(H,27,28)(H,22,23,26)/t8-/m0/s1. The van der Waals surface area contributed by atoms with Crippen LogP contribution in [0.15, 0.2) is 41.6 Å². The molecule has 0 aliphatic heterocycles. The van der Waals surface area contributed by atoms with Crippen LogP contribution in [0.4, 0.5) is 4.39 Å². The Hall–Kier alpha value is -3.53. The zero-order valence-electron chi connectivity index (χ0n) is 14.3. The number of aromatic carboxylic acids is 1. The van der Waals surface area contributed by atoms with E-state index in [2.05, 4.69) is 20.2 Å². The molecule has 0 amide bonds. The van der Waals surface area contributed by atoms with Gasteiger partial charge in [-0.15, -0.1) is 0 Å². The topological polar surface area (TPSA) is 119 Å². The van der Waals surface area contributed by atoms with Crippen molar-refractivity contribution in [1.82, 2.24) is 29.5 Å². The number of H-pyrrole nitrogens is 1. The van der Waals surface area contributed by atoms with Gasteiger partial charge in [0, 0.05) is 6.20 Å². The molecule has 0 fully saturated rings. The van der Waals surface area contributed by atoms with E-state index in [1.165, 1.54) is 29.2 Å². The second-order valence-corrected chi connectivity index (χ2v) is 6.45. The number of rotatable bonds is 4. The molecule has 4 aromatic rings. The summed E-state index contributed by atoms with van der Waals surface area (Å²) in [5.74, 6) is -1.66. The summed E-state index contributed by atoms with van der Waals surface area (Å²) in [7, 11) is 0. The lowest BCUT2D eigenvalue weighted by Gasteiger charge is -2.14. The van der Waals surface area contributed by atoms with E-state index in [1.54, 1.807) is 13.0 Å². The second kappa shape index (κ2) is 6.57. The molecular weight excluding hydrogens is 391 g/mol. The molecule has 11 heteroatoms. The van der Waals surface area contributed by atoms with Gasteiger partial charge in [0.15, 0.2) is 5.52 Å². The minimum atomic E-state index is -1.15. The van der Waals surface area contributed by atoms with Gasteiger partial charge in [-0.3, -0.25) is 14.5 Å². The summed E-state index contributed by atoms with van der Waals surface area (Å²) < 4.78 is 16.4. The van der Waals surface area contributed by atoms with Crippen LogP contribution in [-0.4, -0.2) is 40.6 Å². The Labute approximate surface area is 161 Å². The van der Waals surface area contributed by atoms with Crippen LogP contribution in [0.3, 0.4) is 0 Å².